The summed E-state index contributed by atoms with van der Waals surface area (Å²) in [6.45, 7) is 3.30. The molecule has 0 saturated carbocycles. The lowest BCUT2D eigenvalue weighted by Crippen LogP contribution is -2.04. The van der Waals surface area contributed by atoms with Crippen LogP contribution in [0.2, 0.25) is 10.2 Å². The summed E-state index contributed by atoms with van der Waals surface area (Å²) < 4.78 is 1.78. The molecule has 0 bridgehead atoms. The maximum absolute atomic E-state index is 11.9. The average molecular weight is 309 g/mol. The van der Waals surface area contributed by atoms with Gasteiger partial charge in [0.1, 0.15) is 11.3 Å². The van der Waals surface area contributed by atoms with Gasteiger partial charge in [-0.25, -0.2) is 4.98 Å². The molecular formula is C13H10Cl2N4O. The largest absolute Gasteiger partial charge is 0.294 e. The number of aryl methyl sites for hydroxylation is 1. The van der Waals surface area contributed by atoms with Crippen LogP contribution in [0.25, 0.3) is 16.8 Å². The fourth-order valence-corrected chi connectivity index (χ4v) is 2.94. The van der Waals surface area contributed by atoms with Crippen molar-refractivity contribution in [3.63, 3.8) is 0 Å². The standard InChI is InChI=1S/C13H10Cl2N4O/c1-6(20)9-3-10(14)12-13(15)18-7(2)19(12)11(9)8-4-16-17-5-8/h3-5H,1-2H3,(H,16,17). The summed E-state index contributed by atoms with van der Waals surface area (Å²) in [6.07, 6.45) is 3.35. The normalized spacial score (nSPS) is 11.2. The van der Waals surface area contributed by atoms with Crippen molar-refractivity contribution in [1.82, 2.24) is 19.6 Å². The zero-order valence-electron chi connectivity index (χ0n) is 10.7. The first-order valence-electron chi connectivity index (χ1n) is 5.88. The third kappa shape index (κ3) is 1.82. The molecule has 3 rings (SSSR count). The number of nitrogens with zero attached hydrogens (tertiary/aromatic N) is 3. The summed E-state index contributed by atoms with van der Waals surface area (Å²) in [6, 6.07) is 1.62. The van der Waals surface area contributed by atoms with Gasteiger partial charge < -0.3 is 0 Å². The van der Waals surface area contributed by atoms with Gasteiger partial charge in [0.15, 0.2) is 10.9 Å². The van der Waals surface area contributed by atoms with E-state index < -0.39 is 0 Å². The number of nitrogens with one attached hydrogen (secondary N) is 1. The highest BCUT2D eigenvalue weighted by atomic mass is 35.5. The highest BCUT2D eigenvalue weighted by Gasteiger charge is 2.21. The predicted octanol–water partition coefficient (Wildman–Crippen LogP) is 3.54. The summed E-state index contributed by atoms with van der Waals surface area (Å²) in [5.74, 6) is 0.570. The minimum absolute atomic E-state index is 0.0887. The minimum atomic E-state index is -0.0887. The number of carbonyl (C=O) groups is 1. The number of hydrogen-bond acceptors (Lipinski definition) is 3. The number of carbonyl (C=O) groups excluding carboxylic acids is 1. The Balaban J connectivity index is 2.55. The summed E-state index contributed by atoms with van der Waals surface area (Å²) in [4.78, 5) is 16.1. The molecule has 0 aliphatic heterocycles. The van der Waals surface area contributed by atoms with Gasteiger partial charge in [-0.2, -0.15) is 5.10 Å². The lowest BCUT2D eigenvalue weighted by Gasteiger charge is -2.11. The van der Waals surface area contributed by atoms with Gasteiger partial charge in [0, 0.05) is 17.3 Å². The summed E-state index contributed by atoms with van der Waals surface area (Å²) in [5.41, 5.74) is 2.55. The van der Waals surface area contributed by atoms with Gasteiger partial charge in [-0.15, -0.1) is 0 Å². The van der Waals surface area contributed by atoms with Crippen LogP contribution in [0, 0.1) is 6.92 Å². The molecule has 0 unspecified atom stereocenters. The van der Waals surface area contributed by atoms with E-state index in [1.165, 1.54) is 6.92 Å². The number of Topliss-reactive ketones (excluding diaryl/α,β-unsaturated/α-hetero) is 1. The predicted molar refractivity (Wildman–Crippen MR) is 77.5 cm³/mol. The van der Waals surface area contributed by atoms with Gasteiger partial charge in [-0.1, -0.05) is 23.2 Å². The van der Waals surface area contributed by atoms with Crippen LogP contribution in [-0.4, -0.2) is 25.4 Å². The minimum Gasteiger partial charge on any atom is -0.294 e. The molecule has 0 radical (unpaired) electrons. The molecule has 0 aliphatic rings. The highest BCUT2D eigenvalue weighted by Crippen LogP contribution is 2.34. The Morgan fingerprint density at radius 3 is 2.75 bits per heavy atom. The van der Waals surface area contributed by atoms with E-state index in [9.17, 15) is 4.79 Å². The molecule has 0 saturated heterocycles. The number of aromatic nitrogens is 4. The van der Waals surface area contributed by atoms with Gasteiger partial charge in [0.2, 0.25) is 0 Å². The zero-order valence-corrected chi connectivity index (χ0v) is 12.2. The molecule has 0 amide bonds. The van der Waals surface area contributed by atoms with Crippen LogP contribution in [-0.2, 0) is 0 Å². The Labute approximate surface area is 124 Å². The van der Waals surface area contributed by atoms with Crippen LogP contribution in [0.3, 0.4) is 0 Å². The maximum Gasteiger partial charge on any atom is 0.161 e. The van der Waals surface area contributed by atoms with Crippen molar-refractivity contribution in [2.45, 2.75) is 13.8 Å². The zero-order chi connectivity index (χ0) is 14.4. The molecule has 0 atom stereocenters. The average Bonchev–Trinajstić information content (AvgIpc) is 2.98. The number of ketones is 1. The molecule has 3 aromatic heterocycles. The Hall–Kier alpha value is -1.85. The van der Waals surface area contributed by atoms with Crippen molar-refractivity contribution < 1.29 is 4.79 Å². The molecule has 0 fully saturated rings. The monoisotopic (exact) mass is 308 g/mol. The van der Waals surface area contributed by atoms with E-state index in [0.717, 1.165) is 5.56 Å². The second kappa shape index (κ2) is 4.61. The first-order valence-corrected chi connectivity index (χ1v) is 6.63. The molecule has 5 nitrogen and oxygen atoms in total. The van der Waals surface area contributed by atoms with Crippen LogP contribution in [0.15, 0.2) is 18.5 Å². The van der Waals surface area contributed by atoms with E-state index in [-0.39, 0.29) is 5.78 Å². The Morgan fingerprint density at radius 2 is 2.15 bits per heavy atom. The van der Waals surface area contributed by atoms with Crippen LogP contribution in [0.5, 0.6) is 0 Å². The topological polar surface area (TPSA) is 63.1 Å². The van der Waals surface area contributed by atoms with Gasteiger partial charge in [0.05, 0.1) is 16.9 Å². The summed E-state index contributed by atoms with van der Waals surface area (Å²) >= 11 is 12.4. The van der Waals surface area contributed by atoms with Crippen LogP contribution >= 0.6 is 23.2 Å². The van der Waals surface area contributed by atoms with Gasteiger partial charge in [-0.3, -0.25) is 14.3 Å². The molecule has 3 heterocycles. The maximum atomic E-state index is 11.9. The molecule has 102 valence electrons. The molecule has 1 N–H and O–H groups in total. The van der Waals surface area contributed by atoms with E-state index in [1.807, 2.05) is 6.92 Å². The fraction of sp³-hybridized carbons (Fsp3) is 0.154. The third-order valence-corrected chi connectivity index (χ3v) is 3.68. The number of imidazole rings is 1. The van der Waals surface area contributed by atoms with E-state index >= 15 is 0 Å². The lowest BCUT2D eigenvalue weighted by atomic mass is 10.1. The molecule has 3 aromatic rings. The Morgan fingerprint density at radius 1 is 1.40 bits per heavy atom. The van der Waals surface area contributed by atoms with Crippen molar-refractivity contribution in [2.24, 2.45) is 0 Å². The third-order valence-electron chi connectivity index (χ3n) is 3.13. The molecule has 0 spiro atoms. The quantitative estimate of drug-likeness (QED) is 0.736. The SMILES string of the molecule is CC(=O)c1cc(Cl)c2c(Cl)nc(C)n2c1-c1cn[nH]c1. The van der Waals surface area contributed by atoms with E-state index in [0.29, 0.717) is 32.8 Å². The van der Waals surface area contributed by atoms with E-state index in [1.54, 1.807) is 22.9 Å². The number of fused-ring (bicyclic) bond motifs is 1. The second-order valence-electron chi connectivity index (χ2n) is 4.43. The number of H-pyrrole nitrogens is 1. The summed E-state index contributed by atoms with van der Waals surface area (Å²) in [7, 11) is 0. The van der Waals surface area contributed by atoms with E-state index in [2.05, 4.69) is 15.2 Å². The van der Waals surface area contributed by atoms with E-state index in [4.69, 9.17) is 23.2 Å². The second-order valence-corrected chi connectivity index (χ2v) is 5.20. The van der Waals surface area contributed by atoms with Crippen molar-refractivity contribution in [3.8, 4) is 11.3 Å². The first kappa shape index (κ1) is 13.1. The van der Waals surface area contributed by atoms with Crippen LogP contribution in [0.4, 0.5) is 0 Å². The highest BCUT2D eigenvalue weighted by molar-refractivity contribution is 6.39. The van der Waals surface area contributed by atoms with Gasteiger partial charge >= 0.3 is 0 Å². The van der Waals surface area contributed by atoms with Crippen LogP contribution < -0.4 is 0 Å². The number of aromatic amines is 1. The van der Waals surface area contributed by atoms with Crippen LogP contribution in [0.1, 0.15) is 23.1 Å². The molecule has 0 aliphatic carbocycles. The van der Waals surface area contributed by atoms with Crippen molar-refractivity contribution in [3.05, 3.63) is 40.0 Å². The summed E-state index contributed by atoms with van der Waals surface area (Å²) in [5, 5.41) is 7.38. The molecular weight excluding hydrogens is 299 g/mol. The van der Waals surface area contributed by atoms with Crippen molar-refractivity contribution >= 4 is 34.5 Å². The number of pyridine rings is 1. The van der Waals surface area contributed by atoms with Gasteiger partial charge in [-0.05, 0) is 19.9 Å². The fourth-order valence-electron chi connectivity index (χ4n) is 2.30. The first-order chi connectivity index (χ1) is 9.50. The number of hydrogen-bond donors (Lipinski definition) is 1. The molecule has 7 heteroatoms. The molecule has 0 aromatic carbocycles. The van der Waals surface area contributed by atoms with Crippen molar-refractivity contribution in [1.29, 1.82) is 0 Å². The smallest absolute Gasteiger partial charge is 0.161 e. The molecule has 20 heavy (non-hydrogen) atoms. The number of halogens is 2. The van der Waals surface area contributed by atoms with Crippen molar-refractivity contribution in [2.75, 3.05) is 0 Å². The number of rotatable bonds is 2. The van der Waals surface area contributed by atoms with Gasteiger partial charge in [0.25, 0.3) is 0 Å². The lowest BCUT2D eigenvalue weighted by molar-refractivity contribution is 0.101. The Kier molecular flexibility index (Phi) is 3.03. The Bertz CT molecular complexity index is 821.